The molecule has 1 saturated heterocycles. The number of carbonyl (C=O) groups excluding carboxylic acids is 2. The minimum atomic E-state index is -1.38. The van der Waals surface area contributed by atoms with Crippen molar-refractivity contribution in [2.45, 2.75) is 51.2 Å². The first-order valence-electron chi connectivity index (χ1n) is 9.95. The van der Waals surface area contributed by atoms with Gasteiger partial charge >= 0.3 is 11.9 Å². The molecule has 0 spiro atoms. The van der Waals surface area contributed by atoms with Gasteiger partial charge in [0.2, 0.25) is 5.91 Å². The molecule has 1 aliphatic heterocycles. The molecule has 30 heavy (non-hydrogen) atoms. The van der Waals surface area contributed by atoms with Gasteiger partial charge in [-0.1, -0.05) is 30.3 Å². The highest BCUT2D eigenvalue weighted by Crippen LogP contribution is 2.32. The highest BCUT2D eigenvalue weighted by atomic mass is 16.6. The summed E-state index contributed by atoms with van der Waals surface area (Å²) in [6.07, 6.45) is 3.83. The van der Waals surface area contributed by atoms with Crippen molar-refractivity contribution in [3.05, 3.63) is 54.1 Å². The number of likely N-dealkylation sites (tertiary alicyclic amines) is 1. The molecule has 0 radical (unpaired) electrons. The zero-order valence-corrected chi connectivity index (χ0v) is 17.4. The summed E-state index contributed by atoms with van der Waals surface area (Å²) in [5.74, 6) is -3.76. The van der Waals surface area contributed by atoms with Crippen molar-refractivity contribution in [3.63, 3.8) is 0 Å². The normalized spacial score (nSPS) is 18.8. The van der Waals surface area contributed by atoms with Crippen molar-refractivity contribution in [2.75, 3.05) is 6.54 Å². The van der Waals surface area contributed by atoms with E-state index < -0.39 is 29.5 Å². The molecule has 1 aromatic carbocycles. The fourth-order valence-electron chi connectivity index (χ4n) is 3.81. The van der Waals surface area contributed by atoms with Gasteiger partial charge in [-0.05, 0) is 39.2 Å². The average Bonchev–Trinajstić information content (AvgIpc) is 3.30. The summed E-state index contributed by atoms with van der Waals surface area (Å²) in [5.41, 5.74) is 0.515. The zero-order valence-electron chi connectivity index (χ0n) is 17.4. The lowest BCUT2D eigenvalue weighted by Crippen LogP contribution is -2.50. The molecule has 1 amide bonds. The molecule has 0 bridgehead atoms. The van der Waals surface area contributed by atoms with Gasteiger partial charge in [0.15, 0.2) is 0 Å². The maximum absolute atomic E-state index is 13.1. The van der Waals surface area contributed by atoms with E-state index in [1.165, 1.54) is 17.4 Å². The fraction of sp³-hybridized carbons (Fsp3) is 0.455. The smallest absolute Gasteiger partial charge is 0.327 e. The Labute approximate surface area is 175 Å². The first-order valence-corrected chi connectivity index (χ1v) is 9.95. The molecule has 2 aromatic rings. The van der Waals surface area contributed by atoms with Crippen LogP contribution in [0, 0.1) is 5.92 Å². The molecule has 8 nitrogen and oxygen atoms in total. The Morgan fingerprint density at radius 2 is 2.00 bits per heavy atom. The Hall–Kier alpha value is -3.16. The molecule has 0 saturated carbocycles. The highest BCUT2D eigenvalue weighted by Gasteiger charge is 2.47. The van der Waals surface area contributed by atoms with Crippen LogP contribution in [0.15, 0.2) is 42.9 Å². The monoisotopic (exact) mass is 413 g/mol. The molecule has 8 heteroatoms. The number of esters is 1. The topological polar surface area (TPSA) is 113 Å². The van der Waals surface area contributed by atoms with Gasteiger partial charge in [-0.15, -0.1) is 0 Å². The lowest BCUT2D eigenvalue weighted by Gasteiger charge is -2.32. The van der Waals surface area contributed by atoms with Crippen LogP contribution in [0.25, 0.3) is 0 Å². The van der Waals surface area contributed by atoms with Crippen molar-refractivity contribution < 1.29 is 24.2 Å². The van der Waals surface area contributed by atoms with Crippen LogP contribution in [0.4, 0.5) is 0 Å². The van der Waals surface area contributed by atoms with Gasteiger partial charge in [0.1, 0.15) is 17.6 Å². The predicted molar refractivity (Wildman–Crippen MR) is 109 cm³/mol. The molecule has 1 aliphatic rings. The fourth-order valence-corrected chi connectivity index (χ4v) is 3.81. The second-order valence-electron chi connectivity index (χ2n) is 8.51. The number of aromatic amines is 1. The van der Waals surface area contributed by atoms with E-state index in [1.54, 1.807) is 20.8 Å². The third-order valence-corrected chi connectivity index (χ3v) is 5.10. The Kier molecular flexibility index (Phi) is 6.24. The molecular weight excluding hydrogens is 386 g/mol. The first-order chi connectivity index (χ1) is 14.2. The van der Waals surface area contributed by atoms with Gasteiger partial charge in [-0.25, -0.2) is 9.78 Å². The van der Waals surface area contributed by atoms with E-state index >= 15 is 0 Å². The summed E-state index contributed by atoms with van der Waals surface area (Å²) in [6, 6.07) is 8.22. The minimum absolute atomic E-state index is 0.265. The summed E-state index contributed by atoms with van der Waals surface area (Å²) in [4.78, 5) is 46.4. The molecule has 1 unspecified atom stereocenters. The van der Waals surface area contributed by atoms with E-state index in [0.717, 1.165) is 5.56 Å². The third-order valence-electron chi connectivity index (χ3n) is 5.10. The Morgan fingerprint density at radius 3 is 2.57 bits per heavy atom. The lowest BCUT2D eigenvalue weighted by molar-refractivity contribution is -0.164. The number of hydrogen-bond acceptors (Lipinski definition) is 5. The number of imidazole rings is 1. The number of aliphatic carboxylic acids is 1. The van der Waals surface area contributed by atoms with Crippen molar-refractivity contribution in [2.24, 2.45) is 5.92 Å². The number of nitrogens with one attached hydrogen (secondary N) is 1. The second kappa shape index (κ2) is 8.69. The van der Waals surface area contributed by atoms with Crippen LogP contribution in [0.3, 0.4) is 0 Å². The summed E-state index contributed by atoms with van der Waals surface area (Å²) in [7, 11) is 0. The van der Waals surface area contributed by atoms with Crippen molar-refractivity contribution in [3.8, 4) is 0 Å². The molecule has 2 N–H and O–H groups in total. The lowest BCUT2D eigenvalue weighted by atomic mass is 9.94. The third kappa shape index (κ3) is 4.87. The molecule has 2 heterocycles. The summed E-state index contributed by atoms with van der Waals surface area (Å²) in [5, 5.41) is 10.0. The number of carboxylic acid groups (broad SMARTS) is 1. The molecule has 3 atom stereocenters. The van der Waals surface area contributed by atoms with Gasteiger partial charge in [0, 0.05) is 18.7 Å². The number of nitrogens with zero attached hydrogens (tertiary/aromatic N) is 2. The first kappa shape index (κ1) is 21.5. The SMILES string of the molecule is CC(C)(C)OC(=O)C(c1cnc[nH]1)[C@@H](C(=O)O)N1CC[C@@H](Cc2ccccc2)C1=O. The van der Waals surface area contributed by atoms with Gasteiger partial charge < -0.3 is 19.7 Å². The summed E-state index contributed by atoms with van der Waals surface area (Å²) < 4.78 is 5.48. The predicted octanol–water partition coefficient (Wildman–Crippen LogP) is 2.38. The Bertz CT molecular complexity index is 889. The highest BCUT2D eigenvalue weighted by molar-refractivity contribution is 5.92. The van der Waals surface area contributed by atoms with E-state index in [-0.39, 0.29) is 18.4 Å². The minimum Gasteiger partial charge on any atom is -0.480 e. The molecule has 0 aliphatic carbocycles. The summed E-state index contributed by atoms with van der Waals surface area (Å²) >= 11 is 0. The Balaban J connectivity index is 1.88. The molecule has 3 rings (SSSR count). The van der Waals surface area contributed by atoms with Crippen LogP contribution in [-0.2, 0) is 25.5 Å². The maximum atomic E-state index is 13.1. The number of carbonyl (C=O) groups is 3. The van der Waals surface area contributed by atoms with E-state index in [2.05, 4.69) is 9.97 Å². The number of hydrogen-bond donors (Lipinski definition) is 2. The zero-order chi connectivity index (χ0) is 21.9. The average molecular weight is 413 g/mol. The van der Waals surface area contributed by atoms with Crippen LogP contribution < -0.4 is 0 Å². The van der Waals surface area contributed by atoms with E-state index in [9.17, 15) is 19.5 Å². The van der Waals surface area contributed by atoms with Crippen molar-refractivity contribution >= 4 is 17.8 Å². The van der Waals surface area contributed by atoms with Crippen LogP contribution in [0.5, 0.6) is 0 Å². The van der Waals surface area contributed by atoms with E-state index in [1.807, 2.05) is 30.3 Å². The van der Waals surface area contributed by atoms with Gasteiger partial charge in [-0.3, -0.25) is 9.59 Å². The standard InChI is InChI=1S/C22H27N3O5/c1-22(2,3)30-21(29)17(16-12-23-13-24-16)18(20(27)28)25-10-9-15(19(25)26)11-14-7-5-4-6-8-14/h4-8,12-13,15,17-18H,9-11H2,1-3H3,(H,23,24)(H,27,28)/t15-,17?,18-/m0/s1. The van der Waals surface area contributed by atoms with Gasteiger partial charge in [0.25, 0.3) is 0 Å². The van der Waals surface area contributed by atoms with Gasteiger partial charge in [0.05, 0.1) is 12.0 Å². The number of H-pyrrole nitrogens is 1. The number of aromatic nitrogens is 2. The van der Waals surface area contributed by atoms with Crippen molar-refractivity contribution in [1.82, 2.24) is 14.9 Å². The van der Waals surface area contributed by atoms with Crippen molar-refractivity contribution in [1.29, 1.82) is 0 Å². The number of carboxylic acids is 1. The van der Waals surface area contributed by atoms with E-state index in [0.29, 0.717) is 18.5 Å². The molecular formula is C22H27N3O5. The molecule has 1 fully saturated rings. The maximum Gasteiger partial charge on any atom is 0.327 e. The van der Waals surface area contributed by atoms with Gasteiger partial charge in [-0.2, -0.15) is 0 Å². The van der Waals surface area contributed by atoms with Crippen LogP contribution in [-0.4, -0.2) is 56.0 Å². The second-order valence-corrected chi connectivity index (χ2v) is 8.51. The molecule has 1 aromatic heterocycles. The van der Waals surface area contributed by atoms with Crippen LogP contribution in [0.1, 0.15) is 44.4 Å². The van der Waals surface area contributed by atoms with Crippen LogP contribution in [0.2, 0.25) is 0 Å². The number of amides is 1. The number of benzene rings is 1. The number of rotatable bonds is 7. The summed E-state index contributed by atoms with van der Waals surface area (Å²) in [6.45, 7) is 5.39. The van der Waals surface area contributed by atoms with Crippen LogP contribution >= 0.6 is 0 Å². The largest absolute Gasteiger partial charge is 0.480 e. The number of ether oxygens (including phenoxy) is 1. The van der Waals surface area contributed by atoms with E-state index in [4.69, 9.17) is 4.74 Å². The Morgan fingerprint density at radius 1 is 1.30 bits per heavy atom. The molecule has 160 valence electrons. The quantitative estimate of drug-likeness (QED) is 0.674.